The molecular weight excluding hydrogens is 222 g/mol. The molecule has 2 aromatic rings. The Morgan fingerprint density at radius 1 is 1.06 bits per heavy atom. The Hall–Kier alpha value is -1.09. The summed E-state index contributed by atoms with van der Waals surface area (Å²) in [5.74, 6) is 0. The first-order valence-electron chi connectivity index (χ1n) is 5.11. The van der Waals surface area contributed by atoms with Crippen LogP contribution in [0.25, 0.3) is 10.8 Å². The highest BCUT2D eigenvalue weighted by molar-refractivity contribution is 5.86. The van der Waals surface area contributed by atoms with Crippen molar-refractivity contribution in [3.63, 3.8) is 0 Å². The molecule has 2 nitrogen and oxygen atoms in total. The number of benzene rings is 2. The van der Waals surface area contributed by atoms with Crippen LogP contribution in [-0.2, 0) is 0 Å². The van der Waals surface area contributed by atoms with Crippen molar-refractivity contribution in [2.24, 2.45) is 5.73 Å². The number of aliphatic hydroxyl groups is 1. The van der Waals surface area contributed by atoms with Gasteiger partial charge in [0, 0.05) is 6.04 Å². The standard InChI is InChI=1S/C13H15NO.ClH/c1-9(14)13(15)12-8-4-6-10-5-2-3-7-11(10)12;/h2-9,13,15H,14H2,1H3;1H. The Kier molecular flexibility index (Phi) is 4.30. The highest BCUT2D eigenvalue weighted by Crippen LogP contribution is 2.25. The van der Waals surface area contributed by atoms with E-state index in [2.05, 4.69) is 0 Å². The van der Waals surface area contributed by atoms with Gasteiger partial charge in [-0.3, -0.25) is 0 Å². The van der Waals surface area contributed by atoms with Crippen LogP contribution in [0.3, 0.4) is 0 Å². The lowest BCUT2D eigenvalue weighted by atomic mass is 9.97. The van der Waals surface area contributed by atoms with E-state index in [1.807, 2.05) is 49.4 Å². The maximum atomic E-state index is 9.97. The van der Waals surface area contributed by atoms with Gasteiger partial charge in [-0.25, -0.2) is 0 Å². The lowest BCUT2D eigenvalue weighted by Gasteiger charge is -2.16. The van der Waals surface area contributed by atoms with Gasteiger partial charge in [-0.2, -0.15) is 0 Å². The minimum absolute atomic E-state index is 0. The van der Waals surface area contributed by atoms with Crippen LogP contribution in [0.1, 0.15) is 18.6 Å². The van der Waals surface area contributed by atoms with E-state index in [4.69, 9.17) is 5.73 Å². The molecule has 0 fully saturated rings. The molecule has 2 aromatic carbocycles. The summed E-state index contributed by atoms with van der Waals surface area (Å²) in [4.78, 5) is 0. The summed E-state index contributed by atoms with van der Waals surface area (Å²) in [7, 11) is 0. The highest BCUT2D eigenvalue weighted by Gasteiger charge is 2.14. The molecule has 2 rings (SSSR count). The minimum atomic E-state index is -0.601. The number of hydrogen-bond donors (Lipinski definition) is 2. The van der Waals surface area contributed by atoms with Crippen molar-refractivity contribution in [1.82, 2.24) is 0 Å². The van der Waals surface area contributed by atoms with Gasteiger partial charge in [-0.15, -0.1) is 12.4 Å². The summed E-state index contributed by atoms with van der Waals surface area (Å²) in [5.41, 5.74) is 6.61. The van der Waals surface area contributed by atoms with E-state index < -0.39 is 6.10 Å². The van der Waals surface area contributed by atoms with Crippen molar-refractivity contribution in [3.05, 3.63) is 48.0 Å². The summed E-state index contributed by atoms with van der Waals surface area (Å²) in [6, 6.07) is 13.7. The molecule has 3 N–H and O–H groups in total. The summed E-state index contributed by atoms with van der Waals surface area (Å²) in [6.07, 6.45) is -0.601. The van der Waals surface area contributed by atoms with Gasteiger partial charge >= 0.3 is 0 Å². The van der Waals surface area contributed by atoms with Gasteiger partial charge in [0.05, 0.1) is 6.10 Å². The van der Waals surface area contributed by atoms with E-state index in [-0.39, 0.29) is 18.4 Å². The van der Waals surface area contributed by atoms with Crippen molar-refractivity contribution in [2.45, 2.75) is 19.1 Å². The summed E-state index contributed by atoms with van der Waals surface area (Å²) in [6.45, 7) is 1.81. The van der Waals surface area contributed by atoms with Crippen LogP contribution in [0.4, 0.5) is 0 Å². The van der Waals surface area contributed by atoms with Crippen LogP contribution in [0.5, 0.6) is 0 Å². The number of nitrogens with two attached hydrogens (primary N) is 1. The zero-order valence-corrected chi connectivity index (χ0v) is 9.95. The predicted octanol–water partition coefficient (Wildman–Crippen LogP) is 2.64. The minimum Gasteiger partial charge on any atom is -0.387 e. The molecule has 0 spiro atoms. The topological polar surface area (TPSA) is 46.2 Å². The van der Waals surface area contributed by atoms with Gasteiger partial charge in [-0.1, -0.05) is 42.5 Å². The van der Waals surface area contributed by atoms with Crippen molar-refractivity contribution < 1.29 is 5.11 Å². The molecule has 0 saturated carbocycles. The van der Waals surface area contributed by atoms with Crippen molar-refractivity contribution >= 4 is 23.2 Å². The van der Waals surface area contributed by atoms with Crippen LogP contribution in [0.2, 0.25) is 0 Å². The molecule has 0 bridgehead atoms. The second-order valence-corrected chi connectivity index (χ2v) is 3.87. The molecular formula is C13H16ClNO. The van der Waals surface area contributed by atoms with Gasteiger partial charge in [-0.05, 0) is 23.3 Å². The molecule has 3 heteroatoms. The van der Waals surface area contributed by atoms with Crippen LogP contribution < -0.4 is 5.73 Å². The molecule has 2 unspecified atom stereocenters. The second-order valence-electron chi connectivity index (χ2n) is 3.87. The Bertz CT molecular complexity index is 465. The van der Waals surface area contributed by atoms with E-state index in [0.717, 1.165) is 16.3 Å². The molecule has 0 amide bonds. The maximum Gasteiger partial charge on any atom is 0.0944 e. The molecule has 0 saturated heterocycles. The monoisotopic (exact) mass is 237 g/mol. The largest absolute Gasteiger partial charge is 0.387 e. The Morgan fingerprint density at radius 2 is 1.69 bits per heavy atom. The van der Waals surface area contributed by atoms with Crippen LogP contribution in [-0.4, -0.2) is 11.1 Å². The summed E-state index contributed by atoms with van der Waals surface area (Å²) >= 11 is 0. The quantitative estimate of drug-likeness (QED) is 0.844. The fraction of sp³-hybridized carbons (Fsp3) is 0.231. The highest BCUT2D eigenvalue weighted by atomic mass is 35.5. The average Bonchev–Trinajstić information content (AvgIpc) is 2.27. The number of fused-ring (bicyclic) bond motifs is 1. The van der Waals surface area contributed by atoms with Gasteiger partial charge in [0.1, 0.15) is 0 Å². The molecule has 0 radical (unpaired) electrons. The number of hydrogen-bond acceptors (Lipinski definition) is 2. The van der Waals surface area contributed by atoms with Crippen LogP contribution >= 0.6 is 12.4 Å². The van der Waals surface area contributed by atoms with E-state index in [1.165, 1.54) is 0 Å². The van der Waals surface area contributed by atoms with Crippen LogP contribution in [0, 0.1) is 0 Å². The number of rotatable bonds is 2. The number of halogens is 1. The molecule has 0 aliphatic heterocycles. The lowest BCUT2D eigenvalue weighted by Crippen LogP contribution is -2.24. The van der Waals surface area contributed by atoms with Crippen molar-refractivity contribution in [1.29, 1.82) is 0 Å². The Morgan fingerprint density at radius 3 is 2.38 bits per heavy atom. The molecule has 0 heterocycles. The first-order chi connectivity index (χ1) is 7.20. The molecule has 0 aliphatic rings. The Balaban J connectivity index is 0.00000128. The molecule has 0 aliphatic carbocycles. The van der Waals surface area contributed by atoms with Crippen LogP contribution in [0.15, 0.2) is 42.5 Å². The van der Waals surface area contributed by atoms with Gasteiger partial charge in [0.2, 0.25) is 0 Å². The summed E-state index contributed by atoms with van der Waals surface area (Å²) < 4.78 is 0. The zero-order chi connectivity index (χ0) is 10.8. The second kappa shape index (κ2) is 5.30. The average molecular weight is 238 g/mol. The molecule has 2 atom stereocenters. The molecule has 86 valence electrons. The van der Waals surface area contributed by atoms with E-state index >= 15 is 0 Å². The SMILES string of the molecule is CC(N)C(O)c1cccc2ccccc12.Cl. The lowest BCUT2D eigenvalue weighted by molar-refractivity contribution is 0.155. The van der Waals surface area contributed by atoms with E-state index in [0.29, 0.717) is 0 Å². The fourth-order valence-electron chi connectivity index (χ4n) is 1.79. The molecule has 0 aromatic heterocycles. The fourth-order valence-corrected chi connectivity index (χ4v) is 1.79. The third kappa shape index (κ3) is 2.35. The maximum absolute atomic E-state index is 9.97. The van der Waals surface area contributed by atoms with Gasteiger partial charge in [0.15, 0.2) is 0 Å². The number of aliphatic hydroxyl groups excluding tert-OH is 1. The van der Waals surface area contributed by atoms with Gasteiger partial charge in [0.25, 0.3) is 0 Å². The predicted molar refractivity (Wildman–Crippen MR) is 69.8 cm³/mol. The normalized spacial score (nSPS) is 14.2. The van der Waals surface area contributed by atoms with Crippen molar-refractivity contribution in [3.8, 4) is 0 Å². The van der Waals surface area contributed by atoms with Crippen molar-refractivity contribution in [2.75, 3.05) is 0 Å². The first-order valence-corrected chi connectivity index (χ1v) is 5.11. The van der Waals surface area contributed by atoms with Gasteiger partial charge < -0.3 is 10.8 Å². The third-order valence-corrected chi connectivity index (χ3v) is 2.64. The first kappa shape index (κ1) is 13.0. The Labute approximate surface area is 101 Å². The summed E-state index contributed by atoms with van der Waals surface area (Å²) in [5, 5.41) is 12.2. The third-order valence-electron chi connectivity index (χ3n) is 2.64. The molecule has 16 heavy (non-hydrogen) atoms. The van der Waals surface area contributed by atoms with E-state index in [9.17, 15) is 5.11 Å². The zero-order valence-electron chi connectivity index (χ0n) is 9.13. The van der Waals surface area contributed by atoms with E-state index in [1.54, 1.807) is 0 Å². The smallest absolute Gasteiger partial charge is 0.0944 e.